The van der Waals surface area contributed by atoms with E-state index in [0.717, 1.165) is 32.1 Å². The molecule has 1 fully saturated rings. The Kier molecular flexibility index (Phi) is 5.25. The minimum atomic E-state index is -3.59. The van der Waals surface area contributed by atoms with Crippen molar-refractivity contribution in [1.82, 2.24) is 19.8 Å². The van der Waals surface area contributed by atoms with E-state index < -0.39 is 10.0 Å². The van der Waals surface area contributed by atoms with Crippen molar-refractivity contribution in [2.75, 3.05) is 0 Å². The molecular weight excluding hydrogens is 376 g/mol. The summed E-state index contributed by atoms with van der Waals surface area (Å²) in [7, 11) is -1.90. The molecule has 2 atom stereocenters. The van der Waals surface area contributed by atoms with Gasteiger partial charge in [-0.05, 0) is 49.7 Å². The number of aryl methyl sites for hydroxylation is 1. The zero-order chi connectivity index (χ0) is 19.7. The molecule has 4 rings (SSSR count). The summed E-state index contributed by atoms with van der Waals surface area (Å²) in [6, 6.07) is 8.04. The Morgan fingerprint density at radius 2 is 1.82 bits per heavy atom. The molecule has 0 unspecified atom stereocenters. The molecule has 0 radical (unpaired) electrons. The van der Waals surface area contributed by atoms with Crippen LogP contribution in [0.4, 0.5) is 0 Å². The number of fused-ring (bicyclic) bond motifs is 1. The second kappa shape index (κ2) is 7.67. The normalized spacial score (nSPS) is 22.8. The largest absolute Gasteiger partial charge is 0.353 e. The minimum absolute atomic E-state index is 0.00607. The molecule has 0 bridgehead atoms. The highest BCUT2D eigenvalue weighted by Gasteiger charge is 2.31. The fourth-order valence-corrected chi connectivity index (χ4v) is 5.58. The molecule has 1 heterocycles. The number of sulfonamides is 1. The summed E-state index contributed by atoms with van der Waals surface area (Å²) in [5.41, 5.74) is 2.52. The molecule has 1 amide bonds. The highest BCUT2D eigenvalue weighted by Crippen LogP contribution is 2.27. The molecule has 0 saturated heterocycles. The summed E-state index contributed by atoms with van der Waals surface area (Å²) in [5, 5.41) is 7.10. The van der Waals surface area contributed by atoms with E-state index in [2.05, 4.69) is 27.3 Å². The van der Waals surface area contributed by atoms with Gasteiger partial charge in [-0.2, -0.15) is 5.10 Å². The lowest BCUT2D eigenvalue weighted by Crippen LogP contribution is -2.47. The third-order valence-corrected chi connectivity index (χ3v) is 7.23. The summed E-state index contributed by atoms with van der Waals surface area (Å²) < 4.78 is 29.3. The number of hydrogen-bond donors (Lipinski definition) is 2. The molecule has 2 aromatic rings. The van der Waals surface area contributed by atoms with Crippen molar-refractivity contribution in [3.8, 4) is 0 Å². The number of carbonyl (C=O) groups is 1. The van der Waals surface area contributed by atoms with E-state index in [0.29, 0.717) is 6.42 Å². The Morgan fingerprint density at radius 3 is 2.46 bits per heavy atom. The fourth-order valence-electron chi connectivity index (χ4n) is 4.32. The summed E-state index contributed by atoms with van der Waals surface area (Å²) in [4.78, 5) is 12.9. The van der Waals surface area contributed by atoms with Crippen molar-refractivity contribution in [2.24, 2.45) is 13.0 Å². The lowest BCUT2D eigenvalue weighted by atomic mass is 9.91. The zero-order valence-corrected chi connectivity index (χ0v) is 16.8. The quantitative estimate of drug-likeness (QED) is 0.793. The van der Waals surface area contributed by atoms with Gasteiger partial charge in [0.25, 0.3) is 0 Å². The third-order valence-electron chi connectivity index (χ3n) is 5.76. The van der Waals surface area contributed by atoms with Gasteiger partial charge in [0.05, 0.1) is 6.20 Å². The van der Waals surface area contributed by atoms with Crippen LogP contribution < -0.4 is 10.0 Å². The first-order valence-corrected chi connectivity index (χ1v) is 11.3. The molecule has 0 spiro atoms. The van der Waals surface area contributed by atoms with Gasteiger partial charge in [-0.25, -0.2) is 13.1 Å². The van der Waals surface area contributed by atoms with E-state index in [-0.39, 0.29) is 28.8 Å². The van der Waals surface area contributed by atoms with E-state index in [1.54, 1.807) is 7.05 Å². The van der Waals surface area contributed by atoms with Crippen LogP contribution in [0.15, 0.2) is 41.6 Å². The van der Waals surface area contributed by atoms with Crippen LogP contribution in [0, 0.1) is 5.92 Å². The van der Waals surface area contributed by atoms with E-state index in [1.807, 2.05) is 12.1 Å². The molecule has 28 heavy (non-hydrogen) atoms. The van der Waals surface area contributed by atoms with Crippen LogP contribution in [0.5, 0.6) is 0 Å². The summed E-state index contributed by atoms with van der Waals surface area (Å²) in [6.07, 6.45) is 7.57. The Morgan fingerprint density at radius 1 is 1.14 bits per heavy atom. The van der Waals surface area contributed by atoms with Crippen LogP contribution >= 0.6 is 0 Å². The highest BCUT2D eigenvalue weighted by atomic mass is 32.2. The molecule has 8 heteroatoms. The first-order valence-electron chi connectivity index (χ1n) is 9.79. The first kappa shape index (κ1) is 19.1. The van der Waals surface area contributed by atoms with Crippen molar-refractivity contribution >= 4 is 15.9 Å². The molecule has 2 N–H and O–H groups in total. The number of rotatable bonds is 5. The molecule has 1 aromatic carbocycles. The number of aromatic nitrogens is 2. The van der Waals surface area contributed by atoms with Gasteiger partial charge in [0, 0.05) is 31.2 Å². The third kappa shape index (κ3) is 4.12. The van der Waals surface area contributed by atoms with Crippen molar-refractivity contribution in [3.63, 3.8) is 0 Å². The average molecular weight is 403 g/mol. The van der Waals surface area contributed by atoms with Crippen LogP contribution in [0.25, 0.3) is 0 Å². The number of benzene rings is 1. The molecule has 1 aromatic heterocycles. The van der Waals surface area contributed by atoms with Crippen molar-refractivity contribution in [2.45, 2.75) is 55.5 Å². The highest BCUT2D eigenvalue weighted by molar-refractivity contribution is 7.89. The average Bonchev–Trinajstić information content (AvgIpc) is 3.28. The SMILES string of the molecule is Cn1cc(S(=O)(=O)N[C@@H]2CCC[C@@H](NC(=O)C3Cc4ccccc4C3)C2)cn1. The number of carbonyl (C=O) groups excluding carboxylic acids is 1. The maximum Gasteiger partial charge on any atom is 0.243 e. The van der Waals surface area contributed by atoms with E-state index in [4.69, 9.17) is 0 Å². The topological polar surface area (TPSA) is 93.1 Å². The number of hydrogen-bond acceptors (Lipinski definition) is 4. The summed E-state index contributed by atoms with van der Waals surface area (Å²) in [5.74, 6) is 0.0572. The Bertz CT molecular complexity index is 944. The molecule has 2 aliphatic carbocycles. The standard InChI is InChI=1S/C20H26N4O3S/c1-24-13-19(12-21-24)28(26,27)23-18-8-4-7-17(11-18)22-20(25)16-9-14-5-2-3-6-15(14)10-16/h2-3,5-6,12-13,16-18,23H,4,7-11H2,1H3,(H,22,25)/t17-,18-/m1/s1. The maximum atomic E-state index is 12.7. The smallest absolute Gasteiger partial charge is 0.243 e. The number of nitrogens with one attached hydrogen (secondary N) is 2. The van der Waals surface area contributed by atoms with E-state index >= 15 is 0 Å². The molecule has 1 saturated carbocycles. The first-order chi connectivity index (χ1) is 13.4. The van der Waals surface area contributed by atoms with E-state index in [9.17, 15) is 13.2 Å². The molecule has 0 aliphatic heterocycles. The van der Waals surface area contributed by atoms with Gasteiger partial charge >= 0.3 is 0 Å². The van der Waals surface area contributed by atoms with Gasteiger partial charge in [-0.3, -0.25) is 9.48 Å². The summed E-state index contributed by atoms with van der Waals surface area (Å²) >= 11 is 0. The monoisotopic (exact) mass is 402 g/mol. The number of amides is 1. The fraction of sp³-hybridized carbons (Fsp3) is 0.500. The second-order valence-electron chi connectivity index (χ2n) is 7.91. The summed E-state index contributed by atoms with van der Waals surface area (Å²) in [6.45, 7) is 0. The zero-order valence-electron chi connectivity index (χ0n) is 16.0. The van der Waals surface area contributed by atoms with Crippen molar-refractivity contribution < 1.29 is 13.2 Å². The van der Waals surface area contributed by atoms with E-state index in [1.165, 1.54) is 28.2 Å². The molecule has 150 valence electrons. The van der Waals surface area contributed by atoms with Gasteiger partial charge < -0.3 is 5.32 Å². The lowest BCUT2D eigenvalue weighted by molar-refractivity contribution is -0.125. The van der Waals surface area contributed by atoms with Gasteiger partial charge in [0.2, 0.25) is 15.9 Å². The molecular formula is C20H26N4O3S. The van der Waals surface area contributed by atoms with Crippen LogP contribution in [-0.2, 0) is 34.7 Å². The number of nitrogens with zero attached hydrogens (tertiary/aromatic N) is 2. The van der Waals surface area contributed by atoms with Crippen molar-refractivity contribution in [1.29, 1.82) is 0 Å². The van der Waals surface area contributed by atoms with Crippen LogP contribution in [0.3, 0.4) is 0 Å². The van der Waals surface area contributed by atoms with Crippen molar-refractivity contribution in [3.05, 3.63) is 47.8 Å². The second-order valence-corrected chi connectivity index (χ2v) is 9.63. The van der Waals surface area contributed by atoms with Gasteiger partial charge in [0.15, 0.2) is 0 Å². The lowest BCUT2D eigenvalue weighted by Gasteiger charge is -2.30. The predicted octanol–water partition coefficient (Wildman–Crippen LogP) is 1.54. The molecule has 7 nitrogen and oxygen atoms in total. The van der Waals surface area contributed by atoms with Gasteiger partial charge in [0.1, 0.15) is 4.90 Å². The molecule has 2 aliphatic rings. The Hall–Kier alpha value is -2.19. The van der Waals surface area contributed by atoms with Crippen LogP contribution in [0.1, 0.15) is 36.8 Å². The van der Waals surface area contributed by atoms with Crippen LogP contribution in [-0.4, -0.2) is 36.2 Å². The van der Waals surface area contributed by atoms with Crippen LogP contribution in [0.2, 0.25) is 0 Å². The van der Waals surface area contributed by atoms with Gasteiger partial charge in [-0.15, -0.1) is 0 Å². The Balaban J connectivity index is 1.33. The maximum absolute atomic E-state index is 12.7. The Labute approximate surface area is 165 Å². The predicted molar refractivity (Wildman–Crippen MR) is 105 cm³/mol. The minimum Gasteiger partial charge on any atom is -0.353 e. The van der Waals surface area contributed by atoms with Gasteiger partial charge in [-0.1, -0.05) is 24.3 Å².